The van der Waals surface area contributed by atoms with Gasteiger partial charge in [-0.05, 0) is 62.2 Å². The van der Waals surface area contributed by atoms with Crippen molar-refractivity contribution >= 4 is 44.7 Å². The second kappa shape index (κ2) is 10.6. The minimum Gasteiger partial charge on any atom is -0.363 e. The van der Waals surface area contributed by atoms with Gasteiger partial charge in [-0.2, -0.15) is 0 Å². The van der Waals surface area contributed by atoms with Gasteiger partial charge in [-0.1, -0.05) is 18.9 Å². The summed E-state index contributed by atoms with van der Waals surface area (Å²) in [4.78, 5) is 26.3. The minimum atomic E-state index is 0.244. The Kier molecular flexibility index (Phi) is 6.88. The van der Waals surface area contributed by atoms with Crippen LogP contribution in [0.1, 0.15) is 44.1 Å². The lowest BCUT2D eigenvalue weighted by Gasteiger charge is -2.30. The molecule has 7 nitrogen and oxygen atoms in total. The lowest BCUT2D eigenvalue weighted by molar-refractivity contribution is -0.131. The molecule has 3 aliphatic rings. The zero-order valence-corrected chi connectivity index (χ0v) is 21.5. The van der Waals surface area contributed by atoms with Crippen molar-refractivity contribution in [3.63, 3.8) is 0 Å². The van der Waals surface area contributed by atoms with E-state index in [1.807, 2.05) is 16.6 Å². The molecule has 6 rings (SSSR count). The van der Waals surface area contributed by atoms with Crippen LogP contribution in [0, 0.1) is 0 Å². The number of aromatic nitrogens is 2. The van der Waals surface area contributed by atoms with Gasteiger partial charge in [0.1, 0.15) is 5.82 Å². The Hall–Kier alpha value is -2.97. The van der Waals surface area contributed by atoms with Crippen LogP contribution in [-0.4, -0.2) is 64.4 Å². The van der Waals surface area contributed by atoms with E-state index in [0.717, 1.165) is 68.3 Å². The van der Waals surface area contributed by atoms with Gasteiger partial charge in [-0.15, -0.1) is 11.3 Å². The number of rotatable bonds is 6. The number of thiazole rings is 1. The fraction of sp³-hybridized carbons (Fsp3) is 0.464. The molecule has 0 spiro atoms. The molecule has 8 heteroatoms. The molecule has 1 aromatic carbocycles. The normalized spacial score (nSPS) is 20.5. The van der Waals surface area contributed by atoms with E-state index in [0.29, 0.717) is 12.3 Å². The molecule has 188 valence electrons. The smallest absolute Gasteiger partial charge is 0.224 e. The van der Waals surface area contributed by atoms with Gasteiger partial charge >= 0.3 is 0 Å². The van der Waals surface area contributed by atoms with Crippen molar-refractivity contribution in [3.8, 4) is 0 Å². The highest BCUT2D eigenvalue weighted by atomic mass is 32.1. The molecule has 1 amide bonds. The molecule has 2 N–H and O–H groups in total. The van der Waals surface area contributed by atoms with E-state index in [4.69, 9.17) is 0 Å². The van der Waals surface area contributed by atoms with Crippen LogP contribution in [0.5, 0.6) is 0 Å². The van der Waals surface area contributed by atoms with E-state index in [1.54, 1.807) is 11.3 Å². The molecule has 0 saturated carbocycles. The SMILES string of the molecule is O=C(CCN1CCCCCC1)N1CC=C(C2Cc3c(Nc4ccc5ncsc5c4)ccnc3N2)CC1. The summed E-state index contributed by atoms with van der Waals surface area (Å²) in [5.74, 6) is 1.25. The lowest BCUT2D eigenvalue weighted by Crippen LogP contribution is -2.39. The molecule has 2 aromatic heterocycles. The average Bonchev–Trinajstić information content (AvgIpc) is 3.48. The molecule has 36 heavy (non-hydrogen) atoms. The fourth-order valence-corrected chi connectivity index (χ4v) is 6.39. The Bertz CT molecular complexity index is 1260. The molecule has 0 radical (unpaired) electrons. The number of likely N-dealkylation sites (tertiary alicyclic amines) is 1. The third-order valence-corrected chi connectivity index (χ3v) is 8.56. The van der Waals surface area contributed by atoms with Crippen molar-refractivity contribution < 1.29 is 4.79 Å². The molecule has 1 unspecified atom stereocenters. The molecular weight excluding hydrogens is 468 g/mol. The molecule has 0 aliphatic carbocycles. The number of carbonyl (C=O) groups excluding carboxylic acids is 1. The summed E-state index contributed by atoms with van der Waals surface area (Å²) >= 11 is 1.66. The minimum absolute atomic E-state index is 0.244. The first-order chi connectivity index (χ1) is 17.7. The Morgan fingerprint density at radius 1 is 1.11 bits per heavy atom. The van der Waals surface area contributed by atoms with Crippen LogP contribution in [0.25, 0.3) is 10.2 Å². The number of pyridine rings is 1. The van der Waals surface area contributed by atoms with E-state index in [2.05, 4.69) is 55.8 Å². The Balaban J connectivity index is 1.06. The lowest BCUT2D eigenvalue weighted by atomic mass is 9.97. The highest BCUT2D eigenvalue weighted by Crippen LogP contribution is 2.36. The zero-order chi connectivity index (χ0) is 24.3. The first-order valence-electron chi connectivity index (χ1n) is 13.3. The first kappa shape index (κ1) is 23.4. The standard InChI is InChI=1S/C28H34N6OS/c35-27(10-14-33-12-3-1-2-4-13-33)34-15-8-20(9-16-34)25-18-22-23(7-11-29-28(22)32-25)31-21-5-6-24-26(17-21)36-19-30-24/h5-8,11,17,19,25H,1-4,9-10,12-16,18H2,(H2,29,31,32). The van der Waals surface area contributed by atoms with Gasteiger partial charge in [-0.25, -0.2) is 9.97 Å². The molecule has 0 bridgehead atoms. The maximum atomic E-state index is 12.8. The molecule has 5 heterocycles. The Morgan fingerprint density at radius 2 is 2.00 bits per heavy atom. The number of hydrogen-bond acceptors (Lipinski definition) is 7. The number of benzene rings is 1. The molecule has 3 aromatic rings. The van der Waals surface area contributed by atoms with E-state index >= 15 is 0 Å². The van der Waals surface area contributed by atoms with Crippen molar-refractivity contribution in [2.45, 2.75) is 51.0 Å². The maximum Gasteiger partial charge on any atom is 0.224 e. The second-order valence-electron chi connectivity index (χ2n) is 10.1. The highest BCUT2D eigenvalue weighted by Gasteiger charge is 2.29. The van der Waals surface area contributed by atoms with E-state index < -0.39 is 0 Å². The van der Waals surface area contributed by atoms with Crippen LogP contribution in [-0.2, 0) is 11.2 Å². The molecule has 1 saturated heterocycles. The van der Waals surface area contributed by atoms with Crippen molar-refractivity contribution in [1.82, 2.24) is 19.8 Å². The van der Waals surface area contributed by atoms with Gasteiger partial charge in [0, 0.05) is 55.6 Å². The van der Waals surface area contributed by atoms with Gasteiger partial charge < -0.3 is 20.4 Å². The number of fused-ring (bicyclic) bond motifs is 2. The van der Waals surface area contributed by atoms with Crippen LogP contribution < -0.4 is 10.6 Å². The zero-order valence-electron chi connectivity index (χ0n) is 20.7. The number of nitrogens with one attached hydrogen (secondary N) is 2. The molecule has 1 fully saturated rings. The number of carbonyl (C=O) groups is 1. The number of nitrogens with zero attached hydrogens (tertiary/aromatic N) is 4. The van der Waals surface area contributed by atoms with E-state index in [-0.39, 0.29) is 6.04 Å². The average molecular weight is 503 g/mol. The van der Waals surface area contributed by atoms with Crippen LogP contribution in [0.15, 0.2) is 47.6 Å². The Labute approximate surface area is 216 Å². The number of anilines is 3. The first-order valence-corrected chi connectivity index (χ1v) is 14.1. The summed E-state index contributed by atoms with van der Waals surface area (Å²) in [7, 11) is 0. The van der Waals surface area contributed by atoms with Gasteiger partial charge in [0.05, 0.1) is 21.8 Å². The molecule has 1 atom stereocenters. The second-order valence-corrected chi connectivity index (χ2v) is 11.0. The highest BCUT2D eigenvalue weighted by molar-refractivity contribution is 7.16. The fourth-order valence-electron chi connectivity index (χ4n) is 5.67. The van der Waals surface area contributed by atoms with Crippen LogP contribution >= 0.6 is 11.3 Å². The quantitative estimate of drug-likeness (QED) is 0.452. The molecular formula is C28H34N6OS. The van der Waals surface area contributed by atoms with Crippen molar-refractivity contribution in [3.05, 3.63) is 53.2 Å². The third-order valence-electron chi connectivity index (χ3n) is 7.77. The maximum absolute atomic E-state index is 12.8. The van der Waals surface area contributed by atoms with Gasteiger partial charge in [-0.3, -0.25) is 4.79 Å². The third kappa shape index (κ3) is 5.11. The monoisotopic (exact) mass is 502 g/mol. The summed E-state index contributed by atoms with van der Waals surface area (Å²) in [6.45, 7) is 4.73. The van der Waals surface area contributed by atoms with Gasteiger partial charge in [0.2, 0.25) is 5.91 Å². The predicted octanol–water partition coefficient (Wildman–Crippen LogP) is 5.20. The Morgan fingerprint density at radius 3 is 2.83 bits per heavy atom. The van der Waals surface area contributed by atoms with Crippen LogP contribution in [0.3, 0.4) is 0 Å². The van der Waals surface area contributed by atoms with Crippen molar-refractivity contribution in [2.24, 2.45) is 0 Å². The van der Waals surface area contributed by atoms with Gasteiger partial charge in [0.25, 0.3) is 0 Å². The summed E-state index contributed by atoms with van der Waals surface area (Å²) in [5.41, 5.74) is 7.70. The summed E-state index contributed by atoms with van der Waals surface area (Å²) in [6.07, 6.45) is 11.8. The largest absolute Gasteiger partial charge is 0.363 e. The van der Waals surface area contributed by atoms with Crippen LogP contribution in [0.2, 0.25) is 0 Å². The van der Waals surface area contributed by atoms with Crippen molar-refractivity contribution in [2.75, 3.05) is 43.4 Å². The van der Waals surface area contributed by atoms with E-state index in [1.165, 1.54) is 41.5 Å². The topological polar surface area (TPSA) is 73.4 Å². The molecule has 3 aliphatic heterocycles. The van der Waals surface area contributed by atoms with E-state index in [9.17, 15) is 4.79 Å². The summed E-state index contributed by atoms with van der Waals surface area (Å²) < 4.78 is 1.18. The number of hydrogen-bond donors (Lipinski definition) is 2. The summed E-state index contributed by atoms with van der Waals surface area (Å²) in [5, 5.41) is 7.24. The van der Waals surface area contributed by atoms with Gasteiger partial charge in [0.15, 0.2) is 0 Å². The predicted molar refractivity (Wildman–Crippen MR) is 147 cm³/mol. The van der Waals surface area contributed by atoms with Crippen molar-refractivity contribution in [1.29, 1.82) is 0 Å². The summed E-state index contributed by atoms with van der Waals surface area (Å²) in [6, 6.07) is 8.59. The number of amides is 1. The van der Waals surface area contributed by atoms with Crippen LogP contribution in [0.4, 0.5) is 17.2 Å².